The topological polar surface area (TPSA) is 84.7 Å². The van der Waals surface area contributed by atoms with Crippen LogP contribution in [0, 0.1) is 11.3 Å². The number of thiazole rings is 1. The SMILES string of the molecule is N#CC(=Cc1cn(-c2ccccc2)nc1-c1ccc(Cl)cc1)c1nc(-c2cc3ccccc3oc2=O)cs1. The summed E-state index contributed by atoms with van der Waals surface area (Å²) in [6.45, 7) is 0. The van der Waals surface area contributed by atoms with Crippen molar-refractivity contribution in [2.45, 2.75) is 0 Å². The Morgan fingerprint density at radius 1 is 1.03 bits per heavy atom. The molecule has 0 atom stereocenters. The minimum atomic E-state index is -0.475. The van der Waals surface area contributed by atoms with E-state index >= 15 is 0 Å². The van der Waals surface area contributed by atoms with Gasteiger partial charge >= 0.3 is 5.63 Å². The Bertz CT molecular complexity index is 1910. The molecule has 3 aromatic heterocycles. The molecule has 0 aliphatic heterocycles. The van der Waals surface area contributed by atoms with Crippen molar-refractivity contribution in [2.75, 3.05) is 0 Å². The van der Waals surface area contributed by atoms with Gasteiger partial charge in [0.2, 0.25) is 0 Å². The van der Waals surface area contributed by atoms with Crippen LogP contribution in [-0.2, 0) is 0 Å². The number of fused-ring (bicyclic) bond motifs is 1. The second-order valence-corrected chi connectivity index (χ2v) is 9.71. The van der Waals surface area contributed by atoms with Crippen LogP contribution < -0.4 is 5.63 Å². The van der Waals surface area contributed by atoms with Gasteiger partial charge in [-0.2, -0.15) is 10.4 Å². The molecule has 182 valence electrons. The largest absolute Gasteiger partial charge is 0.422 e. The van der Waals surface area contributed by atoms with Crippen LogP contribution in [0.25, 0.3) is 50.8 Å². The zero-order chi connectivity index (χ0) is 26.1. The average Bonchev–Trinajstić information content (AvgIpc) is 3.60. The van der Waals surface area contributed by atoms with E-state index < -0.39 is 5.63 Å². The summed E-state index contributed by atoms with van der Waals surface area (Å²) in [6.07, 6.45) is 3.64. The van der Waals surface area contributed by atoms with Crippen LogP contribution in [0.2, 0.25) is 5.02 Å². The molecule has 0 fully saturated rings. The molecule has 0 N–H and O–H groups in total. The quantitative estimate of drug-likeness (QED) is 0.170. The molecule has 3 aromatic carbocycles. The molecule has 6 rings (SSSR count). The molecular formula is C30H17ClN4O2S. The number of halogens is 1. The summed E-state index contributed by atoms with van der Waals surface area (Å²) in [5.41, 5.74) is 4.40. The lowest BCUT2D eigenvalue weighted by molar-refractivity contribution is 0.563. The number of allylic oxidation sites excluding steroid dienone is 1. The van der Waals surface area contributed by atoms with Gasteiger partial charge in [0.05, 0.1) is 28.2 Å². The summed E-state index contributed by atoms with van der Waals surface area (Å²) >= 11 is 7.40. The van der Waals surface area contributed by atoms with Crippen molar-refractivity contribution in [1.29, 1.82) is 5.26 Å². The molecular weight excluding hydrogens is 516 g/mol. The highest BCUT2D eigenvalue weighted by atomic mass is 35.5. The second-order valence-electron chi connectivity index (χ2n) is 8.41. The molecule has 0 radical (unpaired) electrons. The third-order valence-corrected chi connectivity index (χ3v) is 7.08. The highest BCUT2D eigenvalue weighted by Crippen LogP contribution is 2.31. The third-order valence-electron chi connectivity index (χ3n) is 5.95. The maximum Gasteiger partial charge on any atom is 0.345 e. The molecule has 6 nitrogen and oxygen atoms in total. The first-order chi connectivity index (χ1) is 18.6. The van der Waals surface area contributed by atoms with E-state index in [0.29, 0.717) is 38.1 Å². The van der Waals surface area contributed by atoms with Crippen molar-refractivity contribution >= 4 is 45.6 Å². The molecule has 0 aliphatic rings. The lowest BCUT2D eigenvalue weighted by atomic mass is 10.1. The van der Waals surface area contributed by atoms with Gasteiger partial charge in [0.1, 0.15) is 16.7 Å². The molecule has 0 bridgehead atoms. The number of benzene rings is 3. The molecule has 8 heteroatoms. The fourth-order valence-electron chi connectivity index (χ4n) is 4.10. The van der Waals surface area contributed by atoms with Crippen LogP contribution in [0.5, 0.6) is 0 Å². The molecule has 0 saturated carbocycles. The Morgan fingerprint density at radius 2 is 1.79 bits per heavy atom. The Balaban J connectivity index is 1.44. The van der Waals surface area contributed by atoms with Gasteiger partial charge in [-0.15, -0.1) is 11.3 Å². The lowest BCUT2D eigenvalue weighted by Gasteiger charge is -2.01. The summed E-state index contributed by atoms with van der Waals surface area (Å²) in [4.78, 5) is 17.3. The Kier molecular flexibility index (Phi) is 6.18. The molecule has 0 saturated heterocycles. The van der Waals surface area contributed by atoms with Crippen molar-refractivity contribution in [1.82, 2.24) is 14.8 Å². The number of aromatic nitrogens is 3. The Morgan fingerprint density at radius 3 is 2.58 bits per heavy atom. The fraction of sp³-hybridized carbons (Fsp3) is 0. The van der Waals surface area contributed by atoms with Gasteiger partial charge in [0, 0.05) is 33.1 Å². The number of hydrogen-bond donors (Lipinski definition) is 0. The second kappa shape index (κ2) is 9.94. The van der Waals surface area contributed by atoms with Gasteiger partial charge in [-0.05, 0) is 42.5 Å². The first-order valence-corrected chi connectivity index (χ1v) is 12.9. The predicted octanol–water partition coefficient (Wildman–Crippen LogP) is 7.49. The number of rotatable bonds is 5. The van der Waals surface area contributed by atoms with E-state index in [1.54, 1.807) is 40.4 Å². The molecule has 0 amide bonds. The zero-order valence-corrected chi connectivity index (χ0v) is 21.3. The highest BCUT2D eigenvalue weighted by molar-refractivity contribution is 7.11. The highest BCUT2D eigenvalue weighted by Gasteiger charge is 2.16. The van der Waals surface area contributed by atoms with E-state index in [1.165, 1.54) is 11.3 Å². The van der Waals surface area contributed by atoms with E-state index in [0.717, 1.165) is 22.2 Å². The van der Waals surface area contributed by atoms with Crippen molar-refractivity contribution in [3.8, 4) is 34.3 Å². The maximum absolute atomic E-state index is 12.6. The summed E-state index contributed by atoms with van der Waals surface area (Å²) in [7, 11) is 0. The van der Waals surface area contributed by atoms with Gasteiger partial charge in [-0.3, -0.25) is 0 Å². The number of nitrogens with zero attached hydrogens (tertiary/aromatic N) is 4. The molecule has 0 unspecified atom stereocenters. The van der Waals surface area contributed by atoms with Crippen molar-refractivity contribution in [3.63, 3.8) is 0 Å². The van der Waals surface area contributed by atoms with Crippen LogP contribution >= 0.6 is 22.9 Å². The van der Waals surface area contributed by atoms with Crippen molar-refractivity contribution in [2.24, 2.45) is 0 Å². The van der Waals surface area contributed by atoms with Crippen LogP contribution in [-0.4, -0.2) is 14.8 Å². The Hall–Kier alpha value is -4.77. The zero-order valence-electron chi connectivity index (χ0n) is 19.7. The molecule has 0 aliphatic carbocycles. The van der Waals surface area contributed by atoms with Crippen LogP contribution in [0.4, 0.5) is 0 Å². The minimum absolute atomic E-state index is 0.349. The summed E-state index contributed by atoms with van der Waals surface area (Å²) in [5, 5.41) is 18.5. The van der Waals surface area contributed by atoms with Crippen LogP contribution in [0.15, 0.2) is 106 Å². The average molecular weight is 533 g/mol. The minimum Gasteiger partial charge on any atom is -0.422 e. The first kappa shape index (κ1) is 23.6. The molecule has 6 aromatic rings. The van der Waals surface area contributed by atoms with Gasteiger partial charge in [0.25, 0.3) is 0 Å². The van der Waals surface area contributed by atoms with E-state index in [2.05, 4.69) is 11.1 Å². The van der Waals surface area contributed by atoms with Gasteiger partial charge in [0.15, 0.2) is 0 Å². The predicted molar refractivity (Wildman–Crippen MR) is 151 cm³/mol. The van der Waals surface area contributed by atoms with Gasteiger partial charge in [-0.1, -0.05) is 60.1 Å². The number of para-hydroxylation sites is 2. The van der Waals surface area contributed by atoms with Gasteiger partial charge in [-0.25, -0.2) is 14.5 Å². The standard InChI is InChI=1S/C30H17ClN4O2S/c31-23-12-10-19(11-13-23)28-22(17-35(34-28)24-7-2-1-3-8-24)14-21(16-32)29-33-26(18-38-29)25-15-20-6-4-5-9-27(20)37-30(25)36/h1-15,17-18H. The van der Waals surface area contributed by atoms with E-state index in [4.69, 9.17) is 21.1 Å². The maximum atomic E-state index is 12.6. The fourth-order valence-corrected chi connectivity index (χ4v) is 5.01. The van der Waals surface area contributed by atoms with E-state index in [-0.39, 0.29) is 0 Å². The molecule has 38 heavy (non-hydrogen) atoms. The normalized spacial score (nSPS) is 11.5. The first-order valence-electron chi connectivity index (χ1n) is 11.6. The van der Waals surface area contributed by atoms with E-state index in [1.807, 2.05) is 66.9 Å². The summed E-state index contributed by atoms with van der Waals surface area (Å²) in [5.74, 6) is 0. The monoisotopic (exact) mass is 532 g/mol. The third kappa shape index (κ3) is 4.55. The van der Waals surface area contributed by atoms with Crippen molar-refractivity contribution < 1.29 is 4.42 Å². The number of hydrogen-bond acceptors (Lipinski definition) is 6. The molecule has 3 heterocycles. The van der Waals surface area contributed by atoms with Gasteiger partial charge < -0.3 is 4.42 Å². The van der Waals surface area contributed by atoms with Crippen LogP contribution in [0.1, 0.15) is 10.6 Å². The summed E-state index contributed by atoms with van der Waals surface area (Å²) < 4.78 is 7.24. The van der Waals surface area contributed by atoms with Crippen molar-refractivity contribution in [3.05, 3.63) is 123 Å². The number of nitriles is 1. The lowest BCUT2D eigenvalue weighted by Crippen LogP contribution is -2.02. The van der Waals surface area contributed by atoms with E-state index in [9.17, 15) is 10.1 Å². The smallest absolute Gasteiger partial charge is 0.345 e. The Labute approximate surface area is 226 Å². The summed E-state index contributed by atoms with van der Waals surface area (Å²) in [6, 6.07) is 28.5. The van der Waals surface area contributed by atoms with Crippen LogP contribution in [0.3, 0.4) is 0 Å². The molecule has 0 spiro atoms.